The van der Waals surface area contributed by atoms with Gasteiger partial charge in [-0.15, -0.1) is 0 Å². The maximum Gasteiger partial charge on any atom is 0.131 e. The Hall–Kier alpha value is -0.810. The molecule has 1 N–H and O–H groups in total. The van der Waals surface area contributed by atoms with E-state index in [-0.39, 0.29) is 0 Å². The smallest absolute Gasteiger partial charge is 0.131 e. The summed E-state index contributed by atoms with van der Waals surface area (Å²) >= 11 is 2.07. The zero-order chi connectivity index (χ0) is 14.7. The quantitative estimate of drug-likeness (QED) is 0.924. The molecule has 2 unspecified atom stereocenters. The molecule has 4 nitrogen and oxygen atoms in total. The number of hydrogen-bond acceptors (Lipinski definition) is 5. The van der Waals surface area contributed by atoms with E-state index in [1.54, 1.807) is 0 Å². The zero-order valence-electron chi connectivity index (χ0n) is 13.2. The van der Waals surface area contributed by atoms with Crippen LogP contribution in [0.1, 0.15) is 45.1 Å². The fourth-order valence-corrected chi connectivity index (χ4v) is 3.97. The summed E-state index contributed by atoms with van der Waals surface area (Å²) in [6.45, 7) is 11.8. The summed E-state index contributed by atoms with van der Waals surface area (Å²) in [7, 11) is 1.97. The second-order valence-electron chi connectivity index (χ2n) is 5.91. The van der Waals surface area contributed by atoms with Gasteiger partial charge in [0.15, 0.2) is 0 Å². The Balaban J connectivity index is 2.29. The summed E-state index contributed by atoms with van der Waals surface area (Å²) < 4.78 is 0. The SMILES string of the molecule is CNCc1nc(C(C)C)ncc1N1CC(C)SC(C)C1. The highest BCUT2D eigenvalue weighted by Crippen LogP contribution is 2.30. The Morgan fingerprint density at radius 3 is 2.55 bits per heavy atom. The summed E-state index contributed by atoms with van der Waals surface area (Å²) in [4.78, 5) is 11.8. The van der Waals surface area contributed by atoms with Crippen molar-refractivity contribution in [3.05, 3.63) is 17.7 Å². The number of rotatable bonds is 4. The molecular weight excluding hydrogens is 268 g/mol. The summed E-state index contributed by atoms with van der Waals surface area (Å²) in [6, 6.07) is 0. The van der Waals surface area contributed by atoms with Crippen molar-refractivity contribution in [3.63, 3.8) is 0 Å². The second kappa shape index (κ2) is 6.76. The monoisotopic (exact) mass is 294 g/mol. The van der Waals surface area contributed by atoms with Gasteiger partial charge >= 0.3 is 0 Å². The molecule has 1 aromatic heterocycles. The van der Waals surface area contributed by atoms with Gasteiger partial charge in [-0.25, -0.2) is 9.97 Å². The van der Waals surface area contributed by atoms with Gasteiger partial charge in [-0.05, 0) is 7.05 Å². The van der Waals surface area contributed by atoms with Crippen LogP contribution in [0.15, 0.2) is 6.20 Å². The third kappa shape index (κ3) is 3.64. The Kier molecular flexibility index (Phi) is 5.27. The summed E-state index contributed by atoms with van der Waals surface area (Å²) in [5.74, 6) is 1.31. The van der Waals surface area contributed by atoms with E-state index in [0.717, 1.165) is 31.2 Å². The zero-order valence-corrected chi connectivity index (χ0v) is 14.0. The molecule has 112 valence electrons. The number of anilines is 1. The van der Waals surface area contributed by atoms with E-state index in [4.69, 9.17) is 4.98 Å². The summed E-state index contributed by atoms with van der Waals surface area (Å²) in [6.07, 6.45) is 2.02. The predicted molar refractivity (Wildman–Crippen MR) is 87.6 cm³/mol. The topological polar surface area (TPSA) is 41.1 Å². The second-order valence-corrected chi connectivity index (χ2v) is 7.79. The van der Waals surface area contributed by atoms with E-state index in [2.05, 4.69) is 54.7 Å². The molecule has 1 saturated heterocycles. The van der Waals surface area contributed by atoms with Gasteiger partial charge in [0.05, 0.1) is 17.6 Å². The standard InChI is InChI=1S/C15H26N4S/c1-10(2)15-17-7-14(13(18-15)6-16-5)19-8-11(3)20-12(4)9-19/h7,10-12,16H,6,8-9H2,1-5H3. The largest absolute Gasteiger partial charge is 0.367 e. The molecule has 0 aromatic carbocycles. The lowest BCUT2D eigenvalue weighted by Gasteiger charge is -2.36. The highest BCUT2D eigenvalue weighted by Gasteiger charge is 2.25. The van der Waals surface area contributed by atoms with Crippen LogP contribution < -0.4 is 10.2 Å². The van der Waals surface area contributed by atoms with Crippen LogP contribution in [0.4, 0.5) is 5.69 Å². The number of nitrogens with one attached hydrogen (secondary N) is 1. The lowest BCUT2D eigenvalue weighted by molar-refractivity contribution is 0.688. The van der Waals surface area contributed by atoms with E-state index in [9.17, 15) is 0 Å². The van der Waals surface area contributed by atoms with Crippen molar-refractivity contribution in [1.29, 1.82) is 0 Å². The van der Waals surface area contributed by atoms with E-state index in [1.807, 2.05) is 13.2 Å². The fraction of sp³-hybridized carbons (Fsp3) is 0.733. The van der Waals surface area contributed by atoms with E-state index >= 15 is 0 Å². The van der Waals surface area contributed by atoms with Gasteiger partial charge in [0.2, 0.25) is 0 Å². The lowest BCUT2D eigenvalue weighted by atomic mass is 10.2. The normalized spacial score (nSPS) is 23.4. The minimum Gasteiger partial charge on any atom is -0.367 e. The molecule has 1 fully saturated rings. The Morgan fingerprint density at radius 1 is 1.35 bits per heavy atom. The summed E-state index contributed by atoms with van der Waals surface area (Å²) in [5, 5.41) is 4.55. The highest BCUT2D eigenvalue weighted by molar-refractivity contribution is 8.00. The molecule has 1 aliphatic rings. The lowest BCUT2D eigenvalue weighted by Crippen LogP contribution is -2.41. The van der Waals surface area contributed by atoms with Crippen LogP contribution in [-0.2, 0) is 6.54 Å². The third-order valence-corrected chi connectivity index (χ3v) is 4.71. The van der Waals surface area contributed by atoms with E-state index in [0.29, 0.717) is 16.4 Å². The first-order valence-electron chi connectivity index (χ1n) is 7.42. The van der Waals surface area contributed by atoms with Gasteiger partial charge in [0, 0.05) is 36.1 Å². The molecule has 0 amide bonds. The number of aromatic nitrogens is 2. The van der Waals surface area contributed by atoms with Crippen LogP contribution in [0, 0.1) is 0 Å². The predicted octanol–water partition coefficient (Wildman–Crippen LogP) is 2.65. The average Bonchev–Trinajstić information content (AvgIpc) is 2.37. The molecule has 0 spiro atoms. The van der Waals surface area contributed by atoms with Crippen LogP contribution >= 0.6 is 11.8 Å². The first kappa shape index (κ1) is 15.6. The molecule has 0 bridgehead atoms. The Morgan fingerprint density at radius 2 is 2.00 bits per heavy atom. The van der Waals surface area contributed by atoms with Gasteiger partial charge in [0.1, 0.15) is 5.82 Å². The number of thioether (sulfide) groups is 1. The van der Waals surface area contributed by atoms with Crippen LogP contribution in [0.5, 0.6) is 0 Å². The van der Waals surface area contributed by atoms with Crippen molar-refractivity contribution in [1.82, 2.24) is 15.3 Å². The minimum atomic E-state index is 0.370. The number of nitrogens with zero attached hydrogens (tertiary/aromatic N) is 3. The average molecular weight is 294 g/mol. The maximum atomic E-state index is 4.77. The van der Waals surface area contributed by atoms with Gasteiger partial charge < -0.3 is 10.2 Å². The first-order chi connectivity index (χ1) is 9.51. The van der Waals surface area contributed by atoms with Crippen molar-refractivity contribution in [2.45, 2.75) is 50.7 Å². The van der Waals surface area contributed by atoms with Crippen LogP contribution in [0.3, 0.4) is 0 Å². The minimum absolute atomic E-state index is 0.370. The van der Waals surface area contributed by atoms with Crippen molar-refractivity contribution in [2.75, 3.05) is 25.0 Å². The van der Waals surface area contributed by atoms with Crippen LogP contribution in [-0.4, -0.2) is 40.6 Å². The molecular formula is C15H26N4S. The van der Waals surface area contributed by atoms with Crippen molar-refractivity contribution in [3.8, 4) is 0 Å². The molecule has 0 radical (unpaired) electrons. The van der Waals surface area contributed by atoms with Gasteiger partial charge in [-0.2, -0.15) is 11.8 Å². The van der Waals surface area contributed by atoms with Gasteiger partial charge in [-0.3, -0.25) is 0 Å². The molecule has 1 aromatic rings. The van der Waals surface area contributed by atoms with Crippen molar-refractivity contribution in [2.24, 2.45) is 0 Å². The number of hydrogen-bond donors (Lipinski definition) is 1. The Labute approximate surface area is 126 Å². The first-order valence-corrected chi connectivity index (χ1v) is 8.36. The fourth-order valence-electron chi connectivity index (χ4n) is 2.64. The van der Waals surface area contributed by atoms with Gasteiger partial charge in [-0.1, -0.05) is 27.7 Å². The van der Waals surface area contributed by atoms with Crippen LogP contribution in [0.2, 0.25) is 0 Å². The molecule has 0 aliphatic carbocycles. The Bertz CT molecular complexity index is 439. The van der Waals surface area contributed by atoms with E-state index in [1.165, 1.54) is 5.69 Å². The molecule has 2 rings (SSSR count). The molecule has 2 atom stereocenters. The molecule has 5 heteroatoms. The highest BCUT2D eigenvalue weighted by atomic mass is 32.2. The molecule has 0 saturated carbocycles. The maximum absolute atomic E-state index is 4.77. The molecule has 20 heavy (non-hydrogen) atoms. The van der Waals surface area contributed by atoms with E-state index < -0.39 is 0 Å². The van der Waals surface area contributed by atoms with Gasteiger partial charge in [0.25, 0.3) is 0 Å². The van der Waals surface area contributed by atoms with Crippen molar-refractivity contribution >= 4 is 17.4 Å². The third-order valence-electron chi connectivity index (χ3n) is 3.49. The molecule has 2 heterocycles. The summed E-state index contributed by atoms with van der Waals surface area (Å²) in [5.41, 5.74) is 2.32. The molecule has 1 aliphatic heterocycles. The van der Waals surface area contributed by atoms with Crippen molar-refractivity contribution < 1.29 is 0 Å². The van der Waals surface area contributed by atoms with Crippen LogP contribution in [0.25, 0.3) is 0 Å².